The fourth-order valence-electron chi connectivity index (χ4n) is 1.91. The van der Waals surface area contributed by atoms with Crippen LogP contribution in [-0.2, 0) is 6.54 Å². The van der Waals surface area contributed by atoms with Crippen molar-refractivity contribution in [3.05, 3.63) is 18.2 Å². The van der Waals surface area contributed by atoms with Crippen LogP contribution < -0.4 is 5.73 Å². The first-order valence-corrected chi connectivity index (χ1v) is 4.52. The summed E-state index contributed by atoms with van der Waals surface area (Å²) in [5.41, 5.74) is 6.74. The molecule has 3 heteroatoms. The zero-order chi connectivity index (χ0) is 8.55. The van der Waals surface area contributed by atoms with Crippen LogP contribution in [-0.4, -0.2) is 9.55 Å². The topological polar surface area (TPSA) is 43.8 Å². The molecule has 0 radical (unpaired) electrons. The Bertz CT molecular complexity index is 260. The first kappa shape index (κ1) is 7.80. The average Bonchev–Trinajstić information content (AvgIpc) is 2.45. The predicted octanol–water partition coefficient (Wildman–Crippen LogP) is 1.31. The third kappa shape index (κ3) is 1.14. The monoisotopic (exact) mass is 165 g/mol. The summed E-state index contributed by atoms with van der Waals surface area (Å²) in [6.07, 6.45) is 6.33. The first-order valence-electron chi connectivity index (χ1n) is 4.52. The molecule has 2 N–H and O–H groups in total. The van der Waals surface area contributed by atoms with Gasteiger partial charge in [-0.2, -0.15) is 0 Å². The third-order valence-corrected chi connectivity index (χ3v) is 2.70. The molecule has 66 valence electrons. The van der Waals surface area contributed by atoms with Crippen molar-refractivity contribution < 1.29 is 0 Å². The van der Waals surface area contributed by atoms with Crippen molar-refractivity contribution in [2.24, 2.45) is 11.7 Å². The number of aromatic nitrogens is 2. The molecule has 0 unspecified atom stereocenters. The van der Waals surface area contributed by atoms with Gasteiger partial charge in [-0.1, -0.05) is 6.92 Å². The zero-order valence-corrected chi connectivity index (χ0v) is 7.40. The van der Waals surface area contributed by atoms with E-state index in [0.717, 1.165) is 11.6 Å². The van der Waals surface area contributed by atoms with Gasteiger partial charge in [0.05, 0.1) is 12.0 Å². The molecule has 1 aliphatic rings. The Morgan fingerprint density at radius 3 is 3.00 bits per heavy atom. The largest absolute Gasteiger partial charge is 0.330 e. The summed E-state index contributed by atoms with van der Waals surface area (Å²) in [7, 11) is 0. The van der Waals surface area contributed by atoms with E-state index in [1.165, 1.54) is 12.8 Å². The Balaban J connectivity index is 2.12. The molecule has 0 saturated heterocycles. The molecular weight excluding hydrogens is 150 g/mol. The molecule has 1 fully saturated rings. The smallest absolute Gasteiger partial charge is 0.0951 e. The molecule has 1 heterocycles. The fraction of sp³-hybridized carbons (Fsp3) is 0.667. The SMILES string of the molecule is CC1CC(n2cncc2CN)C1. The molecule has 3 nitrogen and oxygen atoms in total. The van der Waals surface area contributed by atoms with E-state index in [1.54, 1.807) is 0 Å². The summed E-state index contributed by atoms with van der Waals surface area (Å²) in [5.74, 6) is 0.878. The maximum absolute atomic E-state index is 5.59. The summed E-state index contributed by atoms with van der Waals surface area (Å²) in [6.45, 7) is 2.89. The summed E-state index contributed by atoms with van der Waals surface area (Å²) in [5, 5.41) is 0. The van der Waals surface area contributed by atoms with Gasteiger partial charge < -0.3 is 10.3 Å². The first-order chi connectivity index (χ1) is 5.81. The molecule has 0 spiro atoms. The van der Waals surface area contributed by atoms with Gasteiger partial charge in [0, 0.05) is 18.8 Å². The number of nitrogens with zero attached hydrogens (tertiary/aromatic N) is 2. The van der Waals surface area contributed by atoms with Crippen LogP contribution in [0.25, 0.3) is 0 Å². The molecule has 2 rings (SSSR count). The van der Waals surface area contributed by atoms with Gasteiger partial charge in [-0.25, -0.2) is 4.98 Å². The normalized spacial score (nSPS) is 28.5. The highest BCUT2D eigenvalue weighted by Crippen LogP contribution is 2.37. The lowest BCUT2D eigenvalue weighted by Crippen LogP contribution is -2.26. The number of rotatable bonds is 2. The van der Waals surface area contributed by atoms with Crippen molar-refractivity contribution in [2.45, 2.75) is 32.4 Å². The maximum atomic E-state index is 5.59. The van der Waals surface area contributed by atoms with Gasteiger partial charge >= 0.3 is 0 Å². The van der Waals surface area contributed by atoms with Gasteiger partial charge in [0.2, 0.25) is 0 Å². The molecule has 0 amide bonds. The van der Waals surface area contributed by atoms with Crippen molar-refractivity contribution in [3.63, 3.8) is 0 Å². The maximum Gasteiger partial charge on any atom is 0.0951 e. The van der Waals surface area contributed by atoms with Crippen molar-refractivity contribution in [1.29, 1.82) is 0 Å². The summed E-state index contributed by atoms with van der Waals surface area (Å²) < 4.78 is 2.22. The zero-order valence-electron chi connectivity index (χ0n) is 7.40. The van der Waals surface area contributed by atoms with Gasteiger partial charge in [0.15, 0.2) is 0 Å². The Morgan fingerprint density at radius 2 is 2.42 bits per heavy atom. The molecule has 0 aliphatic heterocycles. The predicted molar refractivity (Wildman–Crippen MR) is 47.6 cm³/mol. The van der Waals surface area contributed by atoms with Crippen LogP contribution in [0.5, 0.6) is 0 Å². The Labute approximate surface area is 72.6 Å². The van der Waals surface area contributed by atoms with Crippen molar-refractivity contribution >= 4 is 0 Å². The molecule has 12 heavy (non-hydrogen) atoms. The van der Waals surface area contributed by atoms with Crippen LogP contribution in [0.15, 0.2) is 12.5 Å². The lowest BCUT2D eigenvalue weighted by molar-refractivity contribution is 0.212. The van der Waals surface area contributed by atoms with Crippen molar-refractivity contribution in [3.8, 4) is 0 Å². The standard InChI is InChI=1S/C9H15N3/c1-7-2-8(3-7)12-6-11-5-9(12)4-10/h5-8H,2-4,10H2,1H3. The van der Waals surface area contributed by atoms with Crippen LogP contribution in [0.2, 0.25) is 0 Å². The van der Waals surface area contributed by atoms with E-state index < -0.39 is 0 Å². The number of hydrogen-bond acceptors (Lipinski definition) is 2. The number of hydrogen-bond donors (Lipinski definition) is 1. The quantitative estimate of drug-likeness (QED) is 0.718. The Morgan fingerprint density at radius 1 is 1.67 bits per heavy atom. The summed E-state index contributed by atoms with van der Waals surface area (Å²) >= 11 is 0. The minimum Gasteiger partial charge on any atom is -0.330 e. The minimum absolute atomic E-state index is 0.602. The van der Waals surface area contributed by atoms with E-state index in [4.69, 9.17) is 5.73 Å². The van der Waals surface area contributed by atoms with Crippen LogP contribution >= 0.6 is 0 Å². The van der Waals surface area contributed by atoms with Crippen LogP contribution in [0.1, 0.15) is 31.5 Å². The number of imidazole rings is 1. The number of nitrogens with two attached hydrogens (primary N) is 1. The molecular formula is C9H15N3. The van der Waals surface area contributed by atoms with E-state index >= 15 is 0 Å². The molecule has 1 aromatic rings. The van der Waals surface area contributed by atoms with Gasteiger partial charge in [0.25, 0.3) is 0 Å². The molecule has 0 bridgehead atoms. The molecule has 1 aliphatic carbocycles. The second-order valence-electron chi connectivity index (χ2n) is 3.73. The molecule has 0 atom stereocenters. The van der Waals surface area contributed by atoms with Gasteiger partial charge in [-0.15, -0.1) is 0 Å². The van der Waals surface area contributed by atoms with Crippen molar-refractivity contribution in [1.82, 2.24) is 9.55 Å². The van der Waals surface area contributed by atoms with E-state index in [9.17, 15) is 0 Å². The minimum atomic E-state index is 0.602. The van der Waals surface area contributed by atoms with Crippen molar-refractivity contribution in [2.75, 3.05) is 0 Å². The molecule has 1 aromatic heterocycles. The van der Waals surface area contributed by atoms with E-state index in [0.29, 0.717) is 12.6 Å². The average molecular weight is 165 g/mol. The summed E-state index contributed by atoms with van der Waals surface area (Å²) in [4.78, 5) is 4.10. The third-order valence-electron chi connectivity index (χ3n) is 2.70. The lowest BCUT2D eigenvalue weighted by Gasteiger charge is -2.34. The van der Waals surface area contributed by atoms with E-state index in [2.05, 4.69) is 16.5 Å². The lowest BCUT2D eigenvalue weighted by atomic mass is 9.81. The van der Waals surface area contributed by atoms with Gasteiger partial charge in [-0.3, -0.25) is 0 Å². The van der Waals surface area contributed by atoms with Gasteiger partial charge in [-0.05, 0) is 18.8 Å². The fourth-order valence-corrected chi connectivity index (χ4v) is 1.91. The van der Waals surface area contributed by atoms with E-state index in [-0.39, 0.29) is 0 Å². The Hall–Kier alpha value is -0.830. The second-order valence-corrected chi connectivity index (χ2v) is 3.73. The highest BCUT2D eigenvalue weighted by molar-refractivity contribution is 5.01. The molecule has 0 aromatic carbocycles. The van der Waals surface area contributed by atoms with Crippen LogP contribution in [0, 0.1) is 5.92 Å². The second kappa shape index (κ2) is 2.90. The van der Waals surface area contributed by atoms with Crippen LogP contribution in [0.4, 0.5) is 0 Å². The highest BCUT2D eigenvalue weighted by atomic mass is 15.1. The Kier molecular flexibility index (Phi) is 1.89. The van der Waals surface area contributed by atoms with E-state index in [1.807, 2.05) is 12.5 Å². The molecule has 1 saturated carbocycles. The van der Waals surface area contributed by atoms with Gasteiger partial charge in [0.1, 0.15) is 0 Å². The van der Waals surface area contributed by atoms with Crippen LogP contribution in [0.3, 0.4) is 0 Å². The highest BCUT2D eigenvalue weighted by Gasteiger charge is 2.27. The summed E-state index contributed by atoms with van der Waals surface area (Å²) in [6, 6.07) is 0.668.